The van der Waals surface area contributed by atoms with Crippen molar-refractivity contribution in [1.29, 1.82) is 0 Å². The highest BCUT2D eigenvalue weighted by Gasteiger charge is 2.25. The van der Waals surface area contributed by atoms with Gasteiger partial charge in [-0.25, -0.2) is 0 Å². The molecular weight excluding hydrogens is 370 g/mol. The maximum atomic E-state index is 12.4. The first-order valence-corrected chi connectivity index (χ1v) is 10.8. The number of piperazine rings is 1. The van der Waals surface area contributed by atoms with Crippen LogP contribution in [0.2, 0.25) is 0 Å². The summed E-state index contributed by atoms with van der Waals surface area (Å²) in [5.41, 5.74) is 0. The first-order chi connectivity index (χ1) is 14.2. The van der Waals surface area contributed by atoms with Crippen LogP contribution in [0.25, 0.3) is 0 Å². The molecule has 0 unspecified atom stereocenters. The molecule has 1 aromatic rings. The smallest absolute Gasteiger partial charge is 0.289 e. The number of carbonyl (C=O) groups is 2. The zero-order chi connectivity index (χ0) is 20.5. The Kier molecular flexibility index (Phi) is 7.95. The Balaban J connectivity index is 1.41. The van der Waals surface area contributed by atoms with Crippen molar-refractivity contribution in [2.75, 3.05) is 45.8 Å². The largest absolute Gasteiger partial charge is 0.459 e. The van der Waals surface area contributed by atoms with Gasteiger partial charge in [-0.1, -0.05) is 12.8 Å². The van der Waals surface area contributed by atoms with Crippen molar-refractivity contribution in [3.05, 3.63) is 24.2 Å². The van der Waals surface area contributed by atoms with Gasteiger partial charge in [-0.15, -0.1) is 0 Å². The third-order valence-corrected chi connectivity index (χ3v) is 5.58. The number of nitrogens with one attached hydrogen (secondary N) is 2. The highest BCUT2D eigenvalue weighted by Crippen LogP contribution is 2.27. The normalized spacial score (nSPS) is 18.2. The fourth-order valence-electron chi connectivity index (χ4n) is 4.01. The maximum Gasteiger partial charge on any atom is 0.289 e. The van der Waals surface area contributed by atoms with Crippen LogP contribution in [0.1, 0.15) is 49.6 Å². The molecule has 2 aliphatic rings. The van der Waals surface area contributed by atoms with Crippen LogP contribution in [0, 0.1) is 5.92 Å². The van der Waals surface area contributed by atoms with Crippen molar-refractivity contribution >= 4 is 17.8 Å². The molecule has 2 N–H and O–H groups in total. The Morgan fingerprint density at radius 2 is 1.86 bits per heavy atom. The number of furan rings is 1. The second-order valence-electron chi connectivity index (χ2n) is 7.70. The molecule has 8 nitrogen and oxygen atoms in total. The molecular formula is C21H33N5O3. The van der Waals surface area contributed by atoms with Crippen molar-refractivity contribution < 1.29 is 14.0 Å². The molecule has 3 rings (SSSR count). The lowest BCUT2D eigenvalue weighted by molar-refractivity contribution is -0.121. The van der Waals surface area contributed by atoms with Crippen molar-refractivity contribution in [3.63, 3.8) is 0 Å². The van der Waals surface area contributed by atoms with Gasteiger partial charge in [-0.05, 0) is 37.8 Å². The molecule has 1 aliphatic carbocycles. The summed E-state index contributed by atoms with van der Waals surface area (Å²) in [6.07, 6.45) is 7.06. The van der Waals surface area contributed by atoms with Crippen LogP contribution >= 0.6 is 0 Å². The van der Waals surface area contributed by atoms with Gasteiger partial charge < -0.3 is 24.9 Å². The summed E-state index contributed by atoms with van der Waals surface area (Å²) in [7, 11) is 0. The van der Waals surface area contributed by atoms with Crippen LogP contribution in [0.15, 0.2) is 27.8 Å². The summed E-state index contributed by atoms with van der Waals surface area (Å²) in [4.78, 5) is 33.1. The van der Waals surface area contributed by atoms with E-state index in [4.69, 9.17) is 4.42 Å². The molecule has 0 bridgehead atoms. The highest BCUT2D eigenvalue weighted by molar-refractivity contribution is 5.91. The second-order valence-corrected chi connectivity index (χ2v) is 7.70. The number of aliphatic imine (C=N–C) groups is 1. The van der Waals surface area contributed by atoms with Gasteiger partial charge in [-0.3, -0.25) is 14.6 Å². The lowest BCUT2D eigenvalue weighted by Crippen LogP contribution is -2.53. The van der Waals surface area contributed by atoms with E-state index in [1.165, 1.54) is 31.9 Å². The van der Waals surface area contributed by atoms with Crippen LogP contribution in [0.3, 0.4) is 0 Å². The van der Waals surface area contributed by atoms with Crippen molar-refractivity contribution in [3.8, 4) is 0 Å². The summed E-state index contributed by atoms with van der Waals surface area (Å²) in [5, 5.41) is 6.30. The lowest BCUT2D eigenvalue weighted by Gasteiger charge is -2.36. The molecule has 1 aromatic heterocycles. The summed E-state index contributed by atoms with van der Waals surface area (Å²) >= 11 is 0. The standard InChI is InChI=1S/C21H33N5O3/c1-2-22-21(24-10-9-23-19(27)16-17-6-3-4-7-17)26-13-11-25(12-14-26)20(28)18-8-5-15-29-18/h5,8,15,17H,2-4,6-7,9-14,16H2,1H3,(H,22,24)(H,23,27). The maximum absolute atomic E-state index is 12.4. The fourth-order valence-corrected chi connectivity index (χ4v) is 4.01. The van der Waals surface area contributed by atoms with E-state index in [1.807, 2.05) is 11.8 Å². The third-order valence-electron chi connectivity index (χ3n) is 5.58. The van der Waals surface area contributed by atoms with Crippen LogP contribution in [-0.2, 0) is 4.79 Å². The molecule has 0 aromatic carbocycles. The summed E-state index contributed by atoms with van der Waals surface area (Å²) in [5.74, 6) is 1.86. The Labute approximate surface area is 172 Å². The minimum atomic E-state index is -0.0680. The van der Waals surface area contributed by atoms with Gasteiger partial charge in [0.2, 0.25) is 5.91 Å². The molecule has 2 amide bonds. The second kappa shape index (κ2) is 10.9. The minimum Gasteiger partial charge on any atom is -0.459 e. The SMILES string of the molecule is CCNC(=NCCNC(=O)CC1CCCC1)N1CCN(C(=O)c2ccco2)CC1. The van der Waals surface area contributed by atoms with E-state index in [0.717, 1.165) is 12.5 Å². The first kappa shape index (κ1) is 21.2. The fraction of sp³-hybridized carbons (Fsp3) is 0.667. The number of carbonyl (C=O) groups excluding carboxylic acids is 2. The van der Waals surface area contributed by atoms with Gasteiger partial charge in [0.1, 0.15) is 0 Å². The molecule has 2 heterocycles. The number of hydrogen-bond acceptors (Lipinski definition) is 4. The topological polar surface area (TPSA) is 90.2 Å². The minimum absolute atomic E-state index is 0.0680. The Morgan fingerprint density at radius 3 is 2.52 bits per heavy atom. The predicted molar refractivity (Wildman–Crippen MR) is 112 cm³/mol. The lowest BCUT2D eigenvalue weighted by atomic mass is 10.0. The van der Waals surface area contributed by atoms with Crippen LogP contribution in [0.4, 0.5) is 0 Å². The van der Waals surface area contributed by atoms with Gasteiger partial charge in [0.25, 0.3) is 5.91 Å². The van der Waals surface area contributed by atoms with Gasteiger partial charge in [0, 0.05) is 45.7 Å². The average Bonchev–Trinajstić information content (AvgIpc) is 3.44. The van der Waals surface area contributed by atoms with Gasteiger partial charge in [0.15, 0.2) is 11.7 Å². The summed E-state index contributed by atoms with van der Waals surface area (Å²) in [6.45, 7) is 6.60. The molecule has 160 valence electrons. The molecule has 0 spiro atoms. The molecule has 8 heteroatoms. The van der Waals surface area contributed by atoms with Gasteiger partial charge in [0.05, 0.1) is 12.8 Å². The van der Waals surface area contributed by atoms with Gasteiger partial charge >= 0.3 is 0 Å². The quantitative estimate of drug-likeness (QED) is 0.411. The molecule has 1 aliphatic heterocycles. The molecule has 1 saturated carbocycles. The van der Waals surface area contributed by atoms with E-state index in [-0.39, 0.29) is 11.8 Å². The van der Waals surface area contributed by atoms with E-state index in [1.54, 1.807) is 12.1 Å². The molecule has 0 atom stereocenters. The average molecular weight is 404 g/mol. The Morgan fingerprint density at radius 1 is 1.14 bits per heavy atom. The molecule has 2 fully saturated rings. The number of amides is 2. The number of guanidine groups is 1. The summed E-state index contributed by atoms with van der Waals surface area (Å²) < 4.78 is 5.21. The van der Waals surface area contributed by atoms with Crippen LogP contribution < -0.4 is 10.6 Å². The number of hydrogen-bond donors (Lipinski definition) is 2. The van der Waals surface area contributed by atoms with Crippen molar-refractivity contribution in [2.24, 2.45) is 10.9 Å². The number of rotatable bonds is 7. The van der Waals surface area contributed by atoms with E-state index in [2.05, 4.69) is 20.5 Å². The highest BCUT2D eigenvalue weighted by atomic mass is 16.3. The molecule has 1 saturated heterocycles. The molecule has 29 heavy (non-hydrogen) atoms. The van der Waals surface area contributed by atoms with Crippen molar-refractivity contribution in [1.82, 2.24) is 20.4 Å². The van der Waals surface area contributed by atoms with Gasteiger partial charge in [-0.2, -0.15) is 0 Å². The monoisotopic (exact) mass is 403 g/mol. The third kappa shape index (κ3) is 6.24. The zero-order valence-corrected chi connectivity index (χ0v) is 17.4. The van der Waals surface area contributed by atoms with Crippen LogP contribution in [0.5, 0.6) is 0 Å². The van der Waals surface area contributed by atoms with Crippen LogP contribution in [-0.4, -0.2) is 73.4 Å². The van der Waals surface area contributed by atoms with E-state index in [0.29, 0.717) is 57.4 Å². The Hall–Kier alpha value is -2.51. The predicted octanol–water partition coefficient (Wildman–Crippen LogP) is 1.70. The number of nitrogens with zero attached hydrogens (tertiary/aromatic N) is 3. The molecule has 0 radical (unpaired) electrons. The zero-order valence-electron chi connectivity index (χ0n) is 17.4. The van der Waals surface area contributed by atoms with E-state index < -0.39 is 0 Å². The van der Waals surface area contributed by atoms with Crippen molar-refractivity contribution in [2.45, 2.75) is 39.0 Å². The summed E-state index contributed by atoms with van der Waals surface area (Å²) in [6, 6.07) is 3.42. The van der Waals surface area contributed by atoms with E-state index in [9.17, 15) is 9.59 Å². The Bertz CT molecular complexity index is 674. The first-order valence-electron chi connectivity index (χ1n) is 10.8. The van der Waals surface area contributed by atoms with E-state index >= 15 is 0 Å².